The van der Waals surface area contributed by atoms with Gasteiger partial charge < -0.3 is 10.1 Å². The average molecular weight is 322 g/mol. The maximum atomic E-state index is 12.7. The number of pyridine rings is 1. The van der Waals surface area contributed by atoms with Crippen molar-refractivity contribution in [3.05, 3.63) is 17.7 Å². The lowest BCUT2D eigenvalue weighted by Gasteiger charge is -2.19. The van der Waals surface area contributed by atoms with Gasteiger partial charge in [0.15, 0.2) is 0 Å². The second kappa shape index (κ2) is 6.55. The first-order chi connectivity index (χ1) is 9.51. The van der Waals surface area contributed by atoms with E-state index in [1.807, 2.05) is 0 Å². The van der Waals surface area contributed by atoms with E-state index in [0.717, 1.165) is 23.9 Å². The van der Waals surface area contributed by atoms with Crippen LogP contribution in [-0.2, 0) is 15.7 Å². The van der Waals surface area contributed by atoms with E-state index >= 15 is 0 Å². The molecule has 0 saturated heterocycles. The zero-order valence-corrected chi connectivity index (χ0v) is 13.0. The number of carbonyl (C=O) groups excluding carboxylic acids is 1. The first kappa shape index (κ1) is 17.6. The molecule has 0 aromatic carbocycles. The fraction of sp³-hybridized carbons (Fsp3) is 0.538. The summed E-state index contributed by atoms with van der Waals surface area (Å²) in [5.74, 6) is -0.511. The Balaban J connectivity index is 2.82. The molecule has 4 nitrogen and oxygen atoms in total. The van der Waals surface area contributed by atoms with Gasteiger partial charge >= 0.3 is 12.1 Å². The molecule has 1 aromatic rings. The maximum absolute atomic E-state index is 12.7. The predicted molar refractivity (Wildman–Crippen MR) is 75.4 cm³/mol. The molecule has 21 heavy (non-hydrogen) atoms. The third kappa shape index (κ3) is 6.24. The summed E-state index contributed by atoms with van der Waals surface area (Å²) in [4.78, 5) is 15.5. The van der Waals surface area contributed by atoms with Gasteiger partial charge in [-0.05, 0) is 32.9 Å². The third-order valence-electron chi connectivity index (χ3n) is 2.14. The molecule has 0 atom stereocenters. The molecule has 0 aliphatic rings. The summed E-state index contributed by atoms with van der Waals surface area (Å²) in [6, 6.07) is 1.83. The topological polar surface area (TPSA) is 51.2 Å². The first-order valence-corrected chi connectivity index (χ1v) is 7.11. The summed E-state index contributed by atoms with van der Waals surface area (Å²) in [6.45, 7) is 5.16. The number of alkyl halides is 3. The minimum Gasteiger partial charge on any atom is -0.459 e. The second-order valence-electron chi connectivity index (χ2n) is 5.20. The van der Waals surface area contributed by atoms with E-state index in [2.05, 4.69) is 10.3 Å². The first-order valence-electron chi connectivity index (χ1n) is 6.13. The summed E-state index contributed by atoms with van der Waals surface area (Å²) in [6.07, 6.45) is -4.46. The molecule has 0 fully saturated rings. The Morgan fingerprint density at radius 2 is 1.95 bits per heavy atom. The highest BCUT2D eigenvalue weighted by molar-refractivity contribution is 7.99. The van der Waals surface area contributed by atoms with E-state index in [4.69, 9.17) is 4.74 Å². The van der Waals surface area contributed by atoms with Crippen LogP contribution in [0.2, 0.25) is 0 Å². The molecule has 1 N–H and O–H groups in total. The third-order valence-corrected chi connectivity index (χ3v) is 3.03. The Morgan fingerprint density at radius 1 is 1.33 bits per heavy atom. The number of anilines is 1. The number of aromatic nitrogens is 1. The van der Waals surface area contributed by atoms with Gasteiger partial charge in [0.25, 0.3) is 0 Å². The van der Waals surface area contributed by atoms with Gasteiger partial charge in [-0.15, -0.1) is 0 Å². The van der Waals surface area contributed by atoms with Crippen LogP contribution in [0.1, 0.15) is 26.3 Å². The minimum absolute atomic E-state index is 0.0940. The molecule has 1 rings (SSSR count). The number of ether oxygens (including phenoxy) is 1. The fourth-order valence-corrected chi connectivity index (χ4v) is 2.07. The molecular weight excluding hydrogens is 305 g/mol. The van der Waals surface area contributed by atoms with E-state index in [1.165, 1.54) is 7.05 Å². The number of carbonyl (C=O) groups is 1. The number of halogens is 3. The molecule has 1 aromatic heterocycles. The lowest BCUT2D eigenvalue weighted by Crippen LogP contribution is -2.24. The summed E-state index contributed by atoms with van der Waals surface area (Å²) in [5, 5.41) is 2.68. The second-order valence-corrected chi connectivity index (χ2v) is 6.20. The van der Waals surface area contributed by atoms with Crippen molar-refractivity contribution in [2.75, 3.05) is 18.1 Å². The zero-order valence-electron chi connectivity index (χ0n) is 12.2. The van der Waals surface area contributed by atoms with Gasteiger partial charge in [0.1, 0.15) is 11.4 Å². The number of rotatable bonds is 4. The van der Waals surface area contributed by atoms with E-state index in [0.29, 0.717) is 0 Å². The van der Waals surface area contributed by atoms with Crippen molar-refractivity contribution in [1.29, 1.82) is 0 Å². The summed E-state index contributed by atoms with van der Waals surface area (Å²) in [5.41, 5.74) is -1.44. The number of thioether (sulfide) groups is 1. The summed E-state index contributed by atoms with van der Waals surface area (Å²) >= 11 is 0.903. The van der Waals surface area contributed by atoms with Gasteiger partial charge in [-0.1, -0.05) is 11.8 Å². The van der Waals surface area contributed by atoms with Crippen molar-refractivity contribution in [3.63, 3.8) is 0 Å². The van der Waals surface area contributed by atoms with Crippen LogP contribution in [0.4, 0.5) is 19.0 Å². The summed E-state index contributed by atoms with van der Waals surface area (Å²) in [7, 11) is 1.48. The zero-order chi connectivity index (χ0) is 16.3. The normalized spacial score (nSPS) is 12.1. The van der Waals surface area contributed by atoms with E-state index < -0.39 is 23.3 Å². The lowest BCUT2D eigenvalue weighted by atomic mass is 10.2. The van der Waals surface area contributed by atoms with Crippen LogP contribution in [0.5, 0.6) is 0 Å². The molecule has 8 heteroatoms. The van der Waals surface area contributed by atoms with Gasteiger partial charge in [0, 0.05) is 7.05 Å². The van der Waals surface area contributed by atoms with Crippen LogP contribution in [0.3, 0.4) is 0 Å². The molecule has 1 heterocycles. The van der Waals surface area contributed by atoms with Gasteiger partial charge in [0.2, 0.25) is 0 Å². The van der Waals surface area contributed by atoms with Crippen LogP contribution in [-0.4, -0.2) is 29.4 Å². The molecule has 0 saturated carbocycles. The number of nitrogens with one attached hydrogen (secondary N) is 1. The molecule has 0 aliphatic heterocycles. The van der Waals surface area contributed by atoms with Crippen molar-refractivity contribution < 1.29 is 22.7 Å². The van der Waals surface area contributed by atoms with Crippen LogP contribution in [0, 0.1) is 0 Å². The molecule has 0 bridgehead atoms. The van der Waals surface area contributed by atoms with E-state index in [1.54, 1.807) is 20.8 Å². The summed E-state index contributed by atoms with van der Waals surface area (Å²) < 4.78 is 43.3. The highest BCUT2D eigenvalue weighted by atomic mass is 32.2. The molecule has 118 valence electrons. The van der Waals surface area contributed by atoms with Gasteiger partial charge in [0.05, 0.1) is 16.3 Å². The minimum atomic E-state index is -4.46. The number of nitrogens with zero attached hydrogens (tertiary/aromatic N) is 1. The Kier molecular flexibility index (Phi) is 5.49. The van der Waals surface area contributed by atoms with Crippen LogP contribution in [0.15, 0.2) is 17.2 Å². The number of esters is 1. The number of hydrogen-bond donors (Lipinski definition) is 1. The maximum Gasteiger partial charge on any atom is 0.416 e. The van der Waals surface area contributed by atoms with Gasteiger partial charge in [-0.2, -0.15) is 13.2 Å². The van der Waals surface area contributed by atoms with Crippen LogP contribution >= 0.6 is 11.8 Å². The van der Waals surface area contributed by atoms with Crippen LogP contribution in [0.25, 0.3) is 0 Å². The molecular formula is C13H17F3N2O2S. The van der Waals surface area contributed by atoms with Crippen molar-refractivity contribution in [3.8, 4) is 0 Å². The van der Waals surface area contributed by atoms with E-state index in [9.17, 15) is 18.0 Å². The van der Waals surface area contributed by atoms with Crippen LogP contribution < -0.4 is 5.32 Å². The monoisotopic (exact) mass is 322 g/mol. The molecule has 0 aliphatic carbocycles. The largest absolute Gasteiger partial charge is 0.459 e. The highest BCUT2D eigenvalue weighted by Crippen LogP contribution is 2.33. The van der Waals surface area contributed by atoms with E-state index in [-0.39, 0.29) is 16.6 Å². The molecule has 0 spiro atoms. The predicted octanol–water partition coefficient (Wildman–Crippen LogP) is 3.58. The molecule has 0 radical (unpaired) electrons. The molecule has 0 amide bonds. The Morgan fingerprint density at radius 3 is 2.43 bits per heavy atom. The highest BCUT2D eigenvalue weighted by Gasteiger charge is 2.31. The van der Waals surface area contributed by atoms with Crippen molar-refractivity contribution >= 4 is 23.5 Å². The van der Waals surface area contributed by atoms with Crippen molar-refractivity contribution in [2.45, 2.75) is 37.6 Å². The van der Waals surface area contributed by atoms with Gasteiger partial charge in [-0.25, -0.2) is 4.98 Å². The Hall–Kier alpha value is -1.44. The smallest absolute Gasteiger partial charge is 0.416 e. The van der Waals surface area contributed by atoms with Crippen molar-refractivity contribution in [1.82, 2.24) is 4.98 Å². The fourth-order valence-electron chi connectivity index (χ4n) is 1.37. The van der Waals surface area contributed by atoms with Crippen molar-refractivity contribution in [2.24, 2.45) is 0 Å². The quantitative estimate of drug-likeness (QED) is 0.678. The molecule has 0 unspecified atom stereocenters. The lowest BCUT2D eigenvalue weighted by molar-refractivity contribution is -0.151. The number of hydrogen-bond acceptors (Lipinski definition) is 5. The standard InChI is InChI=1S/C13H17F3N2O2S/c1-12(2,3)20-11(19)7-21-10-6-8(13(14,15)16)5-9(17-4)18-10/h5-6H,7H2,1-4H3,(H,17,18). The average Bonchev–Trinajstić information content (AvgIpc) is 2.33. The Bertz CT molecular complexity index is 513. The van der Waals surface area contributed by atoms with Gasteiger partial charge in [-0.3, -0.25) is 4.79 Å². The SMILES string of the molecule is CNc1cc(C(F)(F)F)cc(SCC(=O)OC(C)(C)C)n1. The Labute approximate surface area is 125 Å².